The van der Waals surface area contributed by atoms with Crippen molar-refractivity contribution in [1.29, 1.82) is 0 Å². The second kappa shape index (κ2) is 8.17. The highest BCUT2D eigenvalue weighted by molar-refractivity contribution is 6.31. The summed E-state index contributed by atoms with van der Waals surface area (Å²) in [4.78, 5) is 27.2. The Balaban J connectivity index is 2.01. The zero-order valence-electron chi connectivity index (χ0n) is 14.6. The second-order valence-corrected chi connectivity index (χ2v) is 6.95. The van der Waals surface area contributed by atoms with E-state index in [-0.39, 0.29) is 6.61 Å². The van der Waals surface area contributed by atoms with Gasteiger partial charge in [0.2, 0.25) is 0 Å². The first-order valence-electron chi connectivity index (χ1n) is 8.25. The van der Waals surface area contributed by atoms with E-state index in [4.69, 9.17) is 32.7 Å². The van der Waals surface area contributed by atoms with E-state index in [9.17, 15) is 9.59 Å². The van der Waals surface area contributed by atoms with Crippen LogP contribution < -0.4 is 10.2 Å². The van der Waals surface area contributed by atoms with Crippen molar-refractivity contribution in [2.75, 3.05) is 30.5 Å². The molecule has 2 amide bonds. The number of methoxy groups -OCH3 is 1. The van der Waals surface area contributed by atoms with Crippen molar-refractivity contribution in [1.82, 2.24) is 0 Å². The Morgan fingerprint density at radius 1 is 1.07 bits per heavy atom. The van der Waals surface area contributed by atoms with E-state index in [1.54, 1.807) is 48.5 Å². The van der Waals surface area contributed by atoms with Gasteiger partial charge in [0.05, 0.1) is 13.7 Å². The number of nitrogens with zero attached hydrogens (tertiary/aromatic N) is 1. The van der Waals surface area contributed by atoms with E-state index in [2.05, 4.69) is 5.32 Å². The summed E-state index contributed by atoms with van der Waals surface area (Å²) in [5.74, 6) is -0.541. The zero-order chi connectivity index (χ0) is 19.4. The number of hydrogen-bond donors (Lipinski definition) is 1. The molecule has 1 aliphatic rings. The molecular formula is C19H18Cl2N2O4. The van der Waals surface area contributed by atoms with Gasteiger partial charge >= 0.3 is 12.0 Å². The predicted molar refractivity (Wildman–Crippen MR) is 105 cm³/mol. The molecule has 0 aliphatic carbocycles. The van der Waals surface area contributed by atoms with E-state index < -0.39 is 17.5 Å². The van der Waals surface area contributed by atoms with Crippen molar-refractivity contribution in [2.24, 2.45) is 0 Å². The van der Waals surface area contributed by atoms with Crippen LogP contribution in [0.15, 0.2) is 48.5 Å². The van der Waals surface area contributed by atoms with Gasteiger partial charge in [-0.15, -0.1) is 0 Å². The van der Waals surface area contributed by atoms with Crippen LogP contribution in [0.4, 0.5) is 16.2 Å². The first-order valence-corrected chi connectivity index (χ1v) is 9.00. The molecular weight excluding hydrogens is 391 g/mol. The molecule has 0 spiro atoms. The predicted octanol–water partition coefficient (Wildman–Crippen LogP) is 4.36. The fourth-order valence-corrected chi connectivity index (χ4v) is 3.29. The number of benzene rings is 2. The van der Waals surface area contributed by atoms with Crippen LogP contribution in [0.25, 0.3) is 0 Å². The molecule has 1 N–H and O–H groups in total. The summed E-state index contributed by atoms with van der Waals surface area (Å²) in [5, 5.41) is 3.87. The van der Waals surface area contributed by atoms with Crippen molar-refractivity contribution in [3.8, 4) is 0 Å². The van der Waals surface area contributed by atoms with Gasteiger partial charge in [-0.3, -0.25) is 4.90 Å². The number of ether oxygens (including phenoxy) is 2. The normalized spacial score (nSPS) is 18.8. The highest BCUT2D eigenvalue weighted by atomic mass is 35.5. The summed E-state index contributed by atoms with van der Waals surface area (Å²) in [6.45, 7) is 0.379. The smallest absolute Gasteiger partial charge is 0.334 e. The minimum Gasteiger partial charge on any atom is -0.467 e. The Kier molecular flexibility index (Phi) is 5.89. The van der Waals surface area contributed by atoms with Gasteiger partial charge in [0, 0.05) is 34.4 Å². The highest BCUT2D eigenvalue weighted by Gasteiger charge is 2.51. The number of anilines is 2. The summed E-state index contributed by atoms with van der Waals surface area (Å²) in [7, 11) is 1.29. The molecule has 1 saturated heterocycles. The molecule has 6 nitrogen and oxygen atoms in total. The molecule has 1 fully saturated rings. The third-order valence-electron chi connectivity index (χ3n) is 4.38. The van der Waals surface area contributed by atoms with E-state index in [1.165, 1.54) is 12.0 Å². The summed E-state index contributed by atoms with van der Waals surface area (Å²) in [6, 6.07) is 12.8. The Labute approximate surface area is 167 Å². The van der Waals surface area contributed by atoms with Gasteiger partial charge in [0.1, 0.15) is 0 Å². The van der Waals surface area contributed by atoms with Crippen LogP contribution in [-0.2, 0) is 14.3 Å². The minimum atomic E-state index is -1.26. The molecule has 0 bridgehead atoms. The molecule has 3 rings (SSSR count). The average Bonchev–Trinajstić information content (AvgIpc) is 3.15. The van der Waals surface area contributed by atoms with Crippen LogP contribution in [0.3, 0.4) is 0 Å². The third kappa shape index (κ3) is 4.03. The van der Waals surface area contributed by atoms with E-state index in [1.807, 2.05) is 0 Å². The van der Waals surface area contributed by atoms with E-state index >= 15 is 0 Å². The number of nitrogens with one attached hydrogen (secondary N) is 1. The largest absolute Gasteiger partial charge is 0.467 e. The lowest BCUT2D eigenvalue weighted by atomic mass is 9.95. The summed E-state index contributed by atoms with van der Waals surface area (Å²) < 4.78 is 10.5. The Morgan fingerprint density at radius 3 is 2.19 bits per heavy atom. The number of halogens is 2. The lowest BCUT2D eigenvalue weighted by molar-refractivity contribution is -0.146. The quantitative estimate of drug-likeness (QED) is 0.762. The molecule has 0 radical (unpaired) electrons. The summed E-state index contributed by atoms with van der Waals surface area (Å²) in [5.41, 5.74) is -0.219. The number of urea groups is 1. The maximum absolute atomic E-state index is 13.2. The van der Waals surface area contributed by atoms with Gasteiger partial charge in [-0.05, 0) is 48.5 Å². The molecule has 0 saturated carbocycles. The van der Waals surface area contributed by atoms with Crippen molar-refractivity contribution in [2.45, 2.75) is 12.0 Å². The van der Waals surface area contributed by atoms with Gasteiger partial charge in [0.25, 0.3) is 0 Å². The molecule has 2 aromatic rings. The van der Waals surface area contributed by atoms with Gasteiger partial charge in [-0.2, -0.15) is 0 Å². The topological polar surface area (TPSA) is 67.9 Å². The molecule has 27 heavy (non-hydrogen) atoms. The van der Waals surface area contributed by atoms with Gasteiger partial charge < -0.3 is 14.8 Å². The van der Waals surface area contributed by atoms with Crippen LogP contribution >= 0.6 is 23.2 Å². The molecule has 1 unspecified atom stereocenters. The lowest BCUT2D eigenvalue weighted by Gasteiger charge is -2.37. The third-order valence-corrected chi connectivity index (χ3v) is 4.88. The van der Waals surface area contributed by atoms with Gasteiger partial charge in [0.15, 0.2) is 5.54 Å². The Hall–Kier alpha value is -2.28. The van der Waals surface area contributed by atoms with Crippen LogP contribution in [0.2, 0.25) is 10.0 Å². The standard InChI is InChI=1S/C19H18Cl2N2O4/c1-26-17(24)19(10-11-27-12-19)23(16-8-4-14(21)5-9-16)18(25)22-15-6-2-13(20)3-7-15/h2-9H,10-12H2,1H3,(H,22,25). The fraction of sp³-hybridized carbons (Fsp3) is 0.263. The SMILES string of the molecule is COC(=O)C1(N(C(=O)Nc2ccc(Cl)cc2)c2ccc(Cl)cc2)CCOC1. The van der Waals surface area contributed by atoms with Crippen LogP contribution in [-0.4, -0.2) is 37.9 Å². The molecule has 0 aromatic heterocycles. The van der Waals surface area contributed by atoms with Crippen molar-refractivity contribution in [3.63, 3.8) is 0 Å². The number of esters is 1. The Morgan fingerprint density at radius 2 is 1.67 bits per heavy atom. The molecule has 142 valence electrons. The van der Waals surface area contributed by atoms with Crippen molar-refractivity contribution < 1.29 is 19.1 Å². The average molecular weight is 409 g/mol. The number of carbonyl (C=O) groups excluding carboxylic acids is 2. The number of rotatable bonds is 4. The summed E-state index contributed by atoms with van der Waals surface area (Å²) in [6.07, 6.45) is 0.316. The maximum atomic E-state index is 13.2. The fourth-order valence-electron chi connectivity index (χ4n) is 3.03. The van der Waals surface area contributed by atoms with Crippen LogP contribution in [0.1, 0.15) is 6.42 Å². The van der Waals surface area contributed by atoms with Crippen molar-refractivity contribution in [3.05, 3.63) is 58.6 Å². The minimum absolute atomic E-state index is 0.0380. The number of carbonyl (C=O) groups is 2. The van der Waals surface area contributed by atoms with Gasteiger partial charge in [-0.25, -0.2) is 9.59 Å². The first kappa shape index (κ1) is 19.5. The zero-order valence-corrected chi connectivity index (χ0v) is 16.1. The van der Waals surface area contributed by atoms with Crippen LogP contribution in [0.5, 0.6) is 0 Å². The first-order chi connectivity index (χ1) is 13.0. The van der Waals surface area contributed by atoms with Crippen molar-refractivity contribution >= 4 is 46.6 Å². The van der Waals surface area contributed by atoms with Gasteiger partial charge in [-0.1, -0.05) is 23.2 Å². The van der Waals surface area contributed by atoms with E-state index in [0.29, 0.717) is 34.4 Å². The molecule has 2 aromatic carbocycles. The summed E-state index contributed by atoms with van der Waals surface area (Å²) >= 11 is 11.9. The number of amides is 2. The Bertz CT molecular complexity index is 819. The lowest BCUT2D eigenvalue weighted by Crippen LogP contribution is -2.60. The molecule has 8 heteroatoms. The second-order valence-electron chi connectivity index (χ2n) is 6.07. The monoisotopic (exact) mass is 408 g/mol. The highest BCUT2D eigenvalue weighted by Crippen LogP contribution is 2.34. The van der Waals surface area contributed by atoms with Crippen LogP contribution in [0, 0.1) is 0 Å². The maximum Gasteiger partial charge on any atom is 0.334 e. The molecule has 1 heterocycles. The molecule has 1 aliphatic heterocycles. The number of hydrogen-bond acceptors (Lipinski definition) is 4. The van der Waals surface area contributed by atoms with E-state index in [0.717, 1.165) is 0 Å². The molecule has 1 atom stereocenters.